The third kappa shape index (κ3) is 6.20. The maximum atomic E-state index is 14.2. The minimum atomic E-state index is -0.0636. The fraction of sp³-hybridized carbons (Fsp3) is 0.250. The van der Waals surface area contributed by atoms with E-state index in [9.17, 15) is 4.39 Å². The molecule has 0 N–H and O–H groups in total. The molecule has 4 rings (SSSR count). The van der Waals surface area contributed by atoms with Crippen LogP contribution in [-0.4, -0.2) is 0 Å². The molecule has 168 valence electrons. The van der Waals surface area contributed by atoms with Crippen LogP contribution in [0.15, 0.2) is 97.1 Å². The Balaban J connectivity index is 1.34. The van der Waals surface area contributed by atoms with Crippen LogP contribution in [0.4, 0.5) is 4.39 Å². The lowest BCUT2D eigenvalue weighted by Gasteiger charge is -2.12. The quantitative estimate of drug-likeness (QED) is 0.246. The molecule has 0 amide bonds. The van der Waals surface area contributed by atoms with Crippen molar-refractivity contribution in [3.05, 3.63) is 131 Å². The lowest BCUT2D eigenvalue weighted by Crippen LogP contribution is -1.98. The van der Waals surface area contributed by atoms with Crippen molar-refractivity contribution in [3.63, 3.8) is 0 Å². The first-order chi connectivity index (χ1) is 16.1. The number of rotatable bonds is 9. The summed E-state index contributed by atoms with van der Waals surface area (Å²) in [5.41, 5.74) is 8.40. The second-order valence-electron chi connectivity index (χ2n) is 9.09. The molecule has 0 nitrogen and oxygen atoms in total. The van der Waals surface area contributed by atoms with Crippen LogP contribution in [0.5, 0.6) is 0 Å². The van der Waals surface area contributed by atoms with Gasteiger partial charge in [0.05, 0.1) is 0 Å². The molecule has 0 radical (unpaired) electrons. The van der Waals surface area contributed by atoms with Gasteiger partial charge in [0.15, 0.2) is 0 Å². The molecule has 0 saturated carbocycles. The van der Waals surface area contributed by atoms with Crippen molar-refractivity contribution in [1.82, 2.24) is 0 Å². The van der Waals surface area contributed by atoms with E-state index in [0.717, 1.165) is 43.2 Å². The summed E-state index contributed by atoms with van der Waals surface area (Å²) in [5.74, 6) is 0.443. The first kappa shape index (κ1) is 23.0. The molecule has 0 heterocycles. The predicted molar refractivity (Wildman–Crippen MR) is 138 cm³/mol. The summed E-state index contributed by atoms with van der Waals surface area (Å²) in [5, 5.41) is 0. The Labute approximate surface area is 198 Å². The SMILES string of the molecule is CCCc1ccc(CCc2ccc(-c3ccc(C[C@H](C)c4ccccc4)cc3)cc2)cc1F. The lowest BCUT2D eigenvalue weighted by atomic mass is 9.92. The monoisotopic (exact) mass is 436 g/mol. The summed E-state index contributed by atoms with van der Waals surface area (Å²) in [6.07, 6.45) is 4.60. The van der Waals surface area contributed by atoms with Crippen LogP contribution < -0.4 is 0 Å². The highest BCUT2D eigenvalue weighted by molar-refractivity contribution is 5.64. The summed E-state index contributed by atoms with van der Waals surface area (Å²) < 4.78 is 14.2. The molecule has 0 bridgehead atoms. The molecule has 4 aromatic rings. The van der Waals surface area contributed by atoms with E-state index in [1.165, 1.54) is 27.8 Å². The largest absolute Gasteiger partial charge is 0.207 e. The van der Waals surface area contributed by atoms with E-state index in [-0.39, 0.29) is 5.82 Å². The zero-order chi connectivity index (χ0) is 23.0. The Bertz CT molecular complexity index is 1140. The molecule has 0 aromatic heterocycles. The lowest BCUT2D eigenvalue weighted by molar-refractivity contribution is 0.605. The van der Waals surface area contributed by atoms with Crippen LogP contribution in [0.25, 0.3) is 11.1 Å². The van der Waals surface area contributed by atoms with Gasteiger partial charge in [0, 0.05) is 0 Å². The standard InChI is InChI=1S/C32H33F/c1-3-7-31-21-16-27(23-32(31)33)11-10-25-12-17-29(18-13-25)30-19-14-26(15-20-30)22-24(2)28-8-5-4-6-9-28/h4-6,8-9,12-21,23-24H,3,7,10-11,22H2,1-2H3/t24-/m0/s1. The fourth-order valence-corrected chi connectivity index (χ4v) is 4.46. The molecule has 1 atom stereocenters. The van der Waals surface area contributed by atoms with Gasteiger partial charge in [-0.25, -0.2) is 4.39 Å². The average molecular weight is 437 g/mol. The van der Waals surface area contributed by atoms with E-state index in [1.807, 2.05) is 6.07 Å². The Morgan fingerprint density at radius 1 is 0.636 bits per heavy atom. The van der Waals surface area contributed by atoms with Gasteiger partial charge < -0.3 is 0 Å². The van der Waals surface area contributed by atoms with Crippen LogP contribution >= 0.6 is 0 Å². The van der Waals surface area contributed by atoms with E-state index in [4.69, 9.17) is 0 Å². The molecule has 0 aliphatic carbocycles. The molecule has 0 fully saturated rings. The van der Waals surface area contributed by atoms with E-state index in [1.54, 1.807) is 6.07 Å². The Hall–Kier alpha value is -3.19. The van der Waals surface area contributed by atoms with Crippen LogP contribution in [0.1, 0.15) is 54.0 Å². The predicted octanol–water partition coefficient (Wildman–Crippen LogP) is 8.58. The van der Waals surface area contributed by atoms with Crippen LogP contribution in [0, 0.1) is 5.82 Å². The first-order valence-corrected chi connectivity index (χ1v) is 12.1. The molecule has 4 aromatic carbocycles. The smallest absolute Gasteiger partial charge is 0.126 e. The third-order valence-electron chi connectivity index (χ3n) is 6.49. The molecule has 1 heteroatoms. The second kappa shape index (κ2) is 11.1. The second-order valence-corrected chi connectivity index (χ2v) is 9.09. The van der Waals surface area contributed by atoms with Crippen molar-refractivity contribution in [2.75, 3.05) is 0 Å². The van der Waals surface area contributed by atoms with Gasteiger partial charge in [0.1, 0.15) is 5.82 Å². The number of aryl methyl sites for hydroxylation is 3. The van der Waals surface area contributed by atoms with Crippen molar-refractivity contribution >= 4 is 0 Å². The molecular weight excluding hydrogens is 403 g/mol. The summed E-state index contributed by atoms with van der Waals surface area (Å²) in [4.78, 5) is 0. The van der Waals surface area contributed by atoms with E-state index < -0.39 is 0 Å². The highest BCUT2D eigenvalue weighted by atomic mass is 19.1. The zero-order valence-corrected chi connectivity index (χ0v) is 19.7. The Morgan fingerprint density at radius 2 is 1.21 bits per heavy atom. The van der Waals surface area contributed by atoms with Gasteiger partial charge in [-0.15, -0.1) is 0 Å². The Kier molecular flexibility index (Phi) is 7.73. The average Bonchev–Trinajstić information content (AvgIpc) is 2.86. The summed E-state index contributed by atoms with van der Waals surface area (Å²) >= 11 is 0. The van der Waals surface area contributed by atoms with Crippen molar-refractivity contribution in [2.24, 2.45) is 0 Å². The zero-order valence-electron chi connectivity index (χ0n) is 19.7. The molecule has 0 saturated heterocycles. The van der Waals surface area contributed by atoms with Crippen molar-refractivity contribution in [3.8, 4) is 11.1 Å². The highest BCUT2D eigenvalue weighted by Gasteiger charge is 2.07. The minimum absolute atomic E-state index is 0.0636. The number of hydrogen-bond donors (Lipinski definition) is 0. The van der Waals surface area contributed by atoms with Crippen LogP contribution in [-0.2, 0) is 25.7 Å². The molecule has 0 aliphatic rings. The van der Waals surface area contributed by atoms with Gasteiger partial charge >= 0.3 is 0 Å². The van der Waals surface area contributed by atoms with Gasteiger partial charge in [-0.3, -0.25) is 0 Å². The van der Waals surface area contributed by atoms with Crippen molar-refractivity contribution in [1.29, 1.82) is 0 Å². The minimum Gasteiger partial charge on any atom is -0.207 e. The van der Waals surface area contributed by atoms with E-state index in [2.05, 4.69) is 98.8 Å². The maximum absolute atomic E-state index is 14.2. The molecule has 0 aliphatic heterocycles. The molecule has 0 unspecified atom stereocenters. The van der Waals surface area contributed by atoms with Crippen LogP contribution in [0.2, 0.25) is 0 Å². The highest BCUT2D eigenvalue weighted by Crippen LogP contribution is 2.24. The molecule has 33 heavy (non-hydrogen) atoms. The van der Waals surface area contributed by atoms with E-state index >= 15 is 0 Å². The summed E-state index contributed by atoms with van der Waals surface area (Å²) in [7, 11) is 0. The van der Waals surface area contributed by atoms with Gasteiger partial charge in [-0.1, -0.05) is 111 Å². The summed E-state index contributed by atoms with van der Waals surface area (Å²) in [6.45, 7) is 4.37. The maximum Gasteiger partial charge on any atom is 0.126 e. The Morgan fingerprint density at radius 3 is 1.82 bits per heavy atom. The van der Waals surface area contributed by atoms with E-state index in [0.29, 0.717) is 5.92 Å². The normalized spacial score (nSPS) is 12.0. The van der Waals surface area contributed by atoms with Crippen molar-refractivity contribution < 1.29 is 4.39 Å². The van der Waals surface area contributed by atoms with Crippen LogP contribution in [0.3, 0.4) is 0 Å². The van der Waals surface area contributed by atoms with Gasteiger partial charge in [-0.05, 0) is 76.6 Å². The van der Waals surface area contributed by atoms with Gasteiger partial charge in [-0.2, -0.15) is 0 Å². The number of benzene rings is 4. The number of halogens is 1. The number of hydrogen-bond acceptors (Lipinski definition) is 0. The van der Waals surface area contributed by atoms with Crippen molar-refractivity contribution in [2.45, 2.75) is 51.9 Å². The molecule has 0 spiro atoms. The topological polar surface area (TPSA) is 0 Å². The third-order valence-corrected chi connectivity index (χ3v) is 6.49. The van der Waals surface area contributed by atoms with Gasteiger partial charge in [0.25, 0.3) is 0 Å². The fourth-order valence-electron chi connectivity index (χ4n) is 4.46. The summed E-state index contributed by atoms with van der Waals surface area (Å²) in [6, 6.07) is 34.2. The van der Waals surface area contributed by atoms with Gasteiger partial charge in [0.2, 0.25) is 0 Å². The first-order valence-electron chi connectivity index (χ1n) is 12.1. The molecular formula is C32H33F.